The Morgan fingerprint density at radius 2 is 2.11 bits per heavy atom. The second kappa shape index (κ2) is 5.71. The summed E-state index contributed by atoms with van der Waals surface area (Å²) >= 11 is 0. The maximum absolute atomic E-state index is 11.4. The van der Waals surface area contributed by atoms with Crippen LogP contribution in [0.15, 0.2) is 12.7 Å². The van der Waals surface area contributed by atoms with Crippen LogP contribution in [0.25, 0.3) is 0 Å². The first-order valence-electron chi connectivity index (χ1n) is 5.12. The summed E-state index contributed by atoms with van der Waals surface area (Å²) in [6.45, 7) is 4.58. The van der Waals surface area contributed by atoms with Crippen molar-refractivity contribution in [2.75, 3.05) is 6.54 Å². The predicted molar refractivity (Wildman–Crippen MR) is 63.5 cm³/mol. The number of carbonyl (C=O) groups excluding carboxylic acids is 1. The summed E-state index contributed by atoms with van der Waals surface area (Å²) in [5, 5.41) is 27.3. The van der Waals surface area contributed by atoms with Crippen molar-refractivity contribution in [2.24, 2.45) is 0 Å². The predicted octanol–water partition coefficient (Wildman–Crippen LogP) is 0.310. The van der Waals surface area contributed by atoms with Gasteiger partial charge in [-0.3, -0.25) is 14.9 Å². The van der Waals surface area contributed by atoms with Crippen molar-refractivity contribution in [3.8, 4) is 0 Å². The lowest BCUT2D eigenvalue weighted by Crippen LogP contribution is -2.28. The van der Waals surface area contributed by atoms with E-state index in [-0.39, 0.29) is 18.8 Å². The van der Waals surface area contributed by atoms with Crippen LogP contribution >= 0.6 is 0 Å². The second-order valence-corrected chi connectivity index (χ2v) is 3.52. The number of nitrogens with zero attached hydrogens (tertiary/aromatic N) is 4. The van der Waals surface area contributed by atoms with Crippen LogP contribution in [0.4, 0.5) is 11.5 Å². The lowest BCUT2D eigenvalue weighted by Gasteiger charge is -2.00. The first-order valence-corrected chi connectivity index (χ1v) is 5.12. The molecule has 10 nitrogen and oxygen atoms in total. The summed E-state index contributed by atoms with van der Waals surface area (Å²) in [6.07, 6.45) is 1.46. The minimum atomic E-state index is -0.955. The standard InChI is InChI=1S/C9H11N5O5/c1-3-4-10-7(15)5-12-6(2)8(13(16)17)9(11-12)14(18)19/h3H,1,4-5H2,2H3,(H,10,15). The van der Waals surface area contributed by atoms with E-state index in [1.54, 1.807) is 0 Å². The van der Waals surface area contributed by atoms with Gasteiger partial charge in [0.05, 0.1) is 10.0 Å². The Hall–Kier alpha value is -2.78. The minimum absolute atomic E-state index is 0.0505. The lowest BCUT2D eigenvalue weighted by atomic mass is 10.4. The summed E-state index contributed by atoms with van der Waals surface area (Å²) in [5.41, 5.74) is -0.757. The van der Waals surface area contributed by atoms with Gasteiger partial charge in [0.25, 0.3) is 0 Å². The molecule has 1 amide bonds. The van der Waals surface area contributed by atoms with Gasteiger partial charge in [-0.2, -0.15) is 4.68 Å². The highest BCUT2D eigenvalue weighted by atomic mass is 16.6. The van der Waals surface area contributed by atoms with Crippen LogP contribution in [0.3, 0.4) is 0 Å². The van der Waals surface area contributed by atoms with E-state index in [1.165, 1.54) is 13.0 Å². The number of nitrogens with one attached hydrogen (secondary N) is 1. The van der Waals surface area contributed by atoms with Gasteiger partial charge in [-0.05, 0) is 11.8 Å². The summed E-state index contributed by atoms with van der Waals surface area (Å²) in [5.74, 6) is -1.35. The third kappa shape index (κ3) is 3.12. The van der Waals surface area contributed by atoms with Crippen LogP contribution < -0.4 is 5.32 Å². The molecule has 0 bridgehead atoms. The van der Waals surface area contributed by atoms with Crippen molar-refractivity contribution in [2.45, 2.75) is 13.5 Å². The Balaban J connectivity index is 3.06. The Kier molecular flexibility index (Phi) is 4.29. The van der Waals surface area contributed by atoms with E-state index in [4.69, 9.17) is 0 Å². The molecule has 102 valence electrons. The molecule has 0 aromatic carbocycles. The zero-order valence-corrected chi connectivity index (χ0v) is 10.0. The highest BCUT2D eigenvalue weighted by molar-refractivity contribution is 5.76. The lowest BCUT2D eigenvalue weighted by molar-refractivity contribution is -0.424. The number of hydrogen-bond acceptors (Lipinski definition) is 6. The van der Waals surface area contributed by atoms with Crippen molar-refractivity contribution in [1.29, 1.82) is 0 Å². The molecule has 19 heavy (non-hydrogen) atoms. The topological polar surface area (TPSA) is 133 Å². The molecule has 10 heteroatoms. The molecule has 0 saturated heterocycles. The average molecular weight is 269 g/mol. The number of hydrogen-bond donors (Lipinski definition) is 1. The van der Waals surface area contributed by atoms with Crippen molar-refractivity contribution in [3.63, 3.8) is 0 Å². The van der Waals surface area contributed by atoms with Gasteiger partial charge in [0.2, 0.25) is 5.91 Å². The molecule has 1 heterocycles. The molecule has 0 spiro atoms. The molecule has 0 aliphatic rings. The molecular formula is C9H11N5O5. The van der Waals surface area contributed by atoms with E-state index in [9.17, 15) is 25.0 Å². The largest absolute Gasteiger partial charge is 0.468 e. The van der Waals surface area contributed by atoms with Crippen molar-refractivity contribution >= 4 is 17.4 Å². The van der Waals surface area contributed by atoms with Crippen molar-refractivity contribution in [1.82, 2.24) is 15.1 Å². The molecular weight excluding hydrogens is 258 g/mol. The van der Waals surface area contributed by atoms with Crippen molar-refractivity contribution in [3.05, 3.63) is 38.6 Å². The molecule has 0 aliphatic heterocycles. The second-order valence-electron chi connectivity index (χ2n) is 3.52. The Morgan fingerprint density at radius 3 is 2.53 bits per heavy atom. The first kappa shape index (κ1) is 14.3. The fraction of sp³-hybridized carbons (Fsp3) is 0.333. The quantitative estimate of drug-likeness (QED) is 0.448. The van der Waals surface area contributed by atoms with E-state index in [2.05, 4.69) is 17.0 Å². The molecule has 0 radical (unpaired) electrons. The van der Waals surface area contributed by atoms with Crippen LogP contribution in [-0.4, -0.2) is 32.1 Å². The maximum atomic E-state index is 11.4. The van der Waals surface area contributed by atoms with E-state index < -0.39 is 27.3 Å². The molecule has 1 rings (SSSR count). The molecule has 1 N–H and O–H groups in total. The van der Waals surface area contributed by atoms with Gasteiger partial charge < -0.3 is 15.4 Å². The van der Waals surface area contributed by atoms with Crippen LogP contribution in [0.1, 0.15) is 5.69 Å². The number of rotatable bonds is 6. The molecule has 1 aromatic heterocycles. The zero-order chi connectivity index (χ0) is 14.6. The Labute approximate surface area is 107 Å². The van der Waals surface area contributed by atoms with Crippen LogP contribution in [0.5, 0.6) is 0 Å². The molecule has 0 saturated carbocycles. The summed E-state index contributed by atoms with van der Waals surface area (Å²) < 4.78 is 0.925. The monoisotopic (exact) mass is 269 g/mol. The highest BCUT2D eigenvalue weighted by Gasteiger charge is 2.35. The first-order chi connectivity index (χ1) is 8.88. The fourth-order valence-electron chi connectivity index (χ4n) is 1.39. The van der Waals surface area contributed by atoms with E-state index >= 15 is 0 Å². The van der Waals surface area contributed by atoms with E-state index in [1.807, 2.05) is 0 Å². The molecule has 0 fully saturated rings. The third-order valence-electron chi connectivity index (χ3n) is 2.25. The number of amides is 1. The van der Waals surface area contributed by atoms with Gasteiger partial charge in [-0.25, -0.2) is 0 Å². The smallest absolute Gasteiger partial charge is 0.358 e. The van der Waals surface area contributed by atoms with Gasteiger partial charge >= 0.3 is 11.5 Å². The maximum Gasteiger partial charge on any atom is 0.468 e. The SMILES string of the molecule is C=CCNC(=O)Cn1nc([N+](=O)[O-])c([N+](=O)[O-])c1C. The third-order valence-corrected chi connectivity index (χ3v) is 2.25. The Bertz CT molecular complexity index is 549. The molecule has 0 unspecified atom stereocenters. The Morgan fingerprint density at radius 1 is 1.47 bits per heavy atom. The van der Waals surface area contributed by atoms with Gasteiger partial charge in [-0.15, -0.1) is 6.58 Å². The van der Waals surface area contributed by atoms with E-state index in [0.29, 0.717) is 0 Å². The van der Waals surface area contributed by atoms with Crippen molar-refractivity contribution < 1.29 is 14.6 Å². The fourth-order valence-corrected chi connectivity index (χ4v) is 1.39. The van der Waals surface area contributed by atoms with Gasteiger partial charge in [0.1, 0.15) is 12.2 Å². The van der Waals surface area contributed by atoms with Crippen LogP contribution in [0.2, 0.25) is 0 Å². The number of aromatic nitrogens is 2. The highest BCUT2D eigenvalue weighted by Crippen LogP contribution is 2.28. The van der Waals surface area contributed by atoms with Gasteiger partial charge in [-0.1, -0.05) is 6.08 Å². The van der Waals surface area contributed by atoms with Gasteiger partial charge in [0, 0.05) is 6.54 Å². The number of nitro groups is 2. The molecule has 0 atom stereocenters. The normalized spacial score (nSPS) is 9.95. The van der Waals surface area contributed by atoms with Crippen LogP contribution in [0, 0.1) is 27.2 Å². The summed E-state index contributed by atoms with van der Waals surface area (Å²) in [4.78, 5) is 31.0. The number of carbonyl (C=O) groups is 1. The average Bonchev–Trinajstić information content (AvgIpc) is 2.64. The van der Waals surface area contributed by atoms with E-state index in [0.717, 1.165) is 4.68 Å². The van der Waals surface area contributed by atoms with Crippen LogP contribution in [-0.2, 0) is 11.3 Å². The summed E-state index contributed by atoms with van der Waals surface area (Å²) in [7, 11) is 0. The van der Waals surface area contributed by atoms with Gasteiger partial charge in [0.15, 0.2) is 0 Å². The molecule has 1 aromatic rings. The zero-order valence-electron chi connectivity index (χ0n) is 10.0. The molecule has 0 aliphatic carbocycles. The minimum Gasteiger partial charge on any atom is -0.358 e. The summed E-state index contributed by atoms with van der Waals surface area (Å²) in [6, 6.07) is 0.